The first-order chi connectivity index (χ1) is 4.20. The van der Waals surface area contributed by atoms with E-state index in [0.29, 0.717) is 14.8 Å². The lowest BCUT2D eigenvalue weighted by Crippen LogP contribution is -1.74. The molecule has 9 heavy (non-hydrogen) atoms. The van der Waals surface area contributed by atoms with Crippen molar-refractivity contribution < 1.29 is 0 Å². The molecule has 4 heteroatoms. The smallest absolute Gasteiger partial charge is 0.126 e. The zero-order chi connectivity index (χ0) is 6.85. The highest BCUT2D eigenvalue weighted by Gasteiger charge is 1.92. The van der Waals surface area contributed by atoms with Crippen LogP contribution in [0.15, 0.2) is 12.1 Å². The highest BCUT2D eigenvalue weighted by molar-refractivity contribution is 7.71. The molecule has 0 saturated carbocycles. The van der Waals surface area contributed by atoms with Crippen LogP contribution in [0.25, 0.3) is 0 Å². The molecule has 0 aliphatic carbocycles. The van der Waals surface area contributed by atoms with E-state index < -0.39 is 0 Å². The topological polar surface area (TPSA) is 15.8 Å². The average Bonchev–Trinajstić information content (AvgIpc) is 1.80. The van der Waals surface area contributed by atoms with Crippen molar-refractivity contribution in [2.24, 2.45) is 0 Å². The summed E-state index contributed by atoms with van der Waals surface area (Å²) in [6.07, 6.45) is 0. The fraction of sp³-hybridized carbons (Fsp3) is 0. The molecule has 1 heterocycles. The van der Waals surface area contributed by atoms with Gasteiger partial charge in [0.1, 0.15) is 9.79 Å². The molecule has 0 bridgehead atoms. The third kappa shape index (κ3) is 1.68. The maximum absolute atomic E-state index is 5.57. The summed E-state index contributed by atoms with van der Waals surface area (Å²) in [4.78, 5) is 2.69. The van der Waals surface area contributed by atoms with Crippen molar-refractivity contribution in [2.75, 3.05) is 0 Å². The molecule has 1 N–H and O–H groups in total. The van der Waals surface area contributed by atoms with E-state index in [1.54, 1.807) is 12.1 Å². The van der Waals surface area contributed by atoms with E-state index in [9.17, 15) is 0 Å². The number of aromatic nitrogens is 1. The van der Waals surface area contributed by atoms with Gasteiger partial charge < -0.3 is 4.98 Å². The number of rotatable bonds is 0. The van der Waals surface area contributed by atoms with Crippen molar-refractivity contribution >= 4 is 35.4 Å². The lowest BCUT2D eigenvalue weighted by Gasteiger charge is -1.91. The Morgan fingerprint density at radius 3 is 2.44 bits per heavy atom. The Bertz CT molecular complexity index is 268. The molecule has 1 aromatic rings. The predicted molar refractivity (Wildman–Crippen MR) is 41.6 cm³/mol. The molecule has 0 radical (unpaired) electrons. The molecule has 0 amide bonds. The Kier molecular flexibility index (Phi) is 2.11. The Hall–Kier alpha value is -0.0500. The van der Waals surface area contributed by atoms with Crippen LogP contribution >= 0.6 is 35.4 Å². The summed E-state index contributed by atoms with van der Waals surface area (Å²) in [5.41, 5.74) is 0. The van der Waals surface area contributed by atoms with Crippen molar-refractivity contribution in [1.29, 1.82) is 0 Å². The van der Waals surface area contributed by atoms with Crippen molar-refractivity contribution in [3.63, 3.8) is 0 Å². The van der Waals surface area contributed by atoms with Gasteiger partial charge in [0.15, 0.2) is 0 Å². The molecule has 0 aliphatic heterocycles. The van der Waals surface area contributed by atoms with E-state index in [-0.39, 0.29) is 0 Å². The fourth-order valence-corrected chi connectivity index (χ4v) is 0.933. The van der Waals surface area contributed by atoms with E-state index in [4.69, 9.17) is 35.4 Å². The van der Waals surface area contributed by atoms with Gasteiger partial charge in [0.2, 0.25) is 0 Å². The molecular formula is C5H3Cl2NS. The highest BCUT2D eigenvalue weighted by atomic mass is 35.5. The lowest BCUT2D eigenvalue weighted by molar-refractivity contribution is 1.30. The number of hydrogen-bond acceptors (Lipinski definition) is 1. The van der Waals surface area contributed by atoms with Crippen molar-refractivity contribution in [1.82, 2.24) is 4.98 Å². The van der Waals surface area contributed by atoms with Crippen molar-refractivity contribution in [3.05, 3.63) is 26.9 Å². The molecule has 1 aromatic heterocycles. The van der Waals surface area contributed by atoms with E-state index in [1.807, 2.05) is 0 Å². The summed E-state index contributed by atoms with van der Waals surface area (Å²) >= 11 is 15.9. The van der Waals surface area contributed by atoms with Gasteiger partial charge in [0.25, 0.3) is 0 Å². The molecule has 1 nitrogen and oxygen atoms in total. The number of pyridine rings is 1. The van der Waals surface area contributed by atoms with Crippen LogP contribution < -0.4 is 0 Å². The molecule has 0 saturated heterocycles. The van der Waals surface area contributed by atoms with E-state index in [2.05, 4.69) is 4.98 Å². The van der Waals surface area contributed by atoms with Gasteiger partial charge in [-0.1, -0.05) is 35.4 Å². The first-order valence-electron chi connectivity index (χ1n) is 2.24. The second-order valence-corrected chi connectivity index (χ2v) is 2.71. The van der Waals surface area contributed by atoms with Crippen LogP contribution in [0.2, 0.25) is 10.2 Å². The van der Waals surface area contributed by atoms with Crippen LogP contribution in [0.1, 0.15) is 0 Å². The van der Waals surface area contributed by atoms with Gasteiger partial charge in [0.05, 0.1) is 5.02 Å². The minimum absolute atomic E-state index is 0.393. The average molecular weight is 180 g/mol. The van der Waals surface area contributed by atoms with Crippen LogP contribution in [0.4, 0.5) is 0 Å². The number of aromatic amines is 1. The Balaban J connectivity index is 3.34. The molecule has 0 fully saturated rings. The van der Waals surface area contributed by atoms with E-state index >= 15 is 0 Å². The summed E-state index contributed by atoms with van der Waals surface area (Å²) in [6.45, 7) is 0. The Morgan fingerprint density at radius 1 is 1.33 bits per heavy atom. The van der Waals surface area contributed by atoms with Crippen molar-refractivity contribution in [2.45, 2.75) is 0 Å². The van der Waals surface area contributed by atoms with Gasteiger partial charge >= 0.3 is 0 Å². The standard InChI is InChI=1S/C5H3Cl2NS/c6-3-1-2-4(9)8-5(3)7/h1-2H,(H,8,9). The van der Waals surface area contributed by atoms with E-state index in [0.717, 1.165) is 0 Å². The quantitative estimate of drug-likeness (QED) is 0.479. The van der Waals surface area contributed by atoms with Crippen LogP contribution in [-0.2, 0) is 0 Å². The second-order valence-electron chi connectivity index (χ2n) is 1.48. The summed E-state index contributed by atoms with van der Waals surface area (Å²) in [5, 5.41) is 0.884. The maximum Gasteiger partial charge on any atom is 0.126 e. The largest absolute Gasteiger partial charge is 0.336 e. The molecule has 0 spiro atoms. The lowest BCUT2D eigenvalue weighted by atomic mass is 10.5. The van der Waals surface area contributed by atoms with Gasteiger partial charge in [-0.15, -0.1) is 0 Å². The number of H-pyrrole nitrogens is 1. The summed E-state index contributed by atoms with van der Waals surface area (Å²) in [6, 6.07) is 3.34. The maximum atomic E-state index is 5.57. The Morgan fingerprint density at radius 2 is 2.00 bits per heavy atom. The minimum atomic E-state index is 0.393. The van der Waals surface area contributed by atoms with Crippen LogP contribution in [0, 0.1) is 4.64 Å². The fourth-order valence-electron chi connectivity index (χ4n) is 0.432. The van der Waals surface area contributed by atoms with Gasteiger partial charge in [-0.2, -0.15) is 0 Å². The molecule has 48 valence electrons. The normalized spacial score (nSPS) is 9.56. The third-order valence-electron chi connectivity index (χ3n) is 0.824. The molecule has 1 rings (SSSR count). The van der Waals surface area contributed by atoms with Crippen molar-refractivity contribution in [3.8, 4) is 0 Å². The number of hydrogen-bond donors (Lipinski definition) is 1. The predicted octanol–water partition coefficient (Wildman–Crippen LogP) is 3.05. The molecular weight excluding hydrogens is 177 g/mol. The first-order valence-corrected chi connectivity index (χ1v) is 3.41. The molecule has 0 atom stereocenters. The van der Waals surface area contributed by atoms with Gasteiger partial charge in [-0.05, 0) is 12.1 Å². The summed E-state index contributed by atoms with van der Waals surface area (Å²) < 4.78 is 0.587. The van der Waals surface area contributed by atoms with Gasteiger partial charge in [-0.3, -0.25) is 0 Å². The molecule has 0 aliphatic rings. The highest BCUT2D eigenvalue weighted by Crippen LogP contribution is 2.17. The third-order valence-corrected chi connectivity index (χ3v) is 1.77. The van der Waals surface area contributed by atoms with E-state index in [1.165, 1.54) is 0 Å². The Labute approximate surface area is 67.6 Å². The van der Waals surface area contributed by atoms with Crippen LogP contribution in [0.5, 0.6) is 0 Å². The SMILES string of the molecule is S=c1ccc(Cl)c(Cl)[nH]1. The zero-order valence-electron chi connectivity index (χ0n) is 4.32. The molecule has 0 unspecified atom stereocenters. The summed E-state index contributed by atoms with van der Waals surface area (Å²) in [7, 11) is 0. The number of halogens is 2. The van der Waals surface area contributed by atoms with Crippen LogP contribution in [-0.4, -0.2) is 4.98 Å². The second kappa shape index (κ2) is 2.69. The molecule has 0 aromatic carbocycles. The van der Waals surface area contributed by atoms with Gasteiger partial charge in [-0.25, -0.2) is 0 Å². The first kappa shape index (κ1) is 7.06. The van der Waals surface area contributed by atoms with Gasteiger partial charge in [0, 0.05) is 0 Å². The minimum Gasteiger partial charge on any atom is -0.336 e. The zero-order valence-corrected chi connectivity index (χ0v) is 6.65. The monoisotopic (exact) mass is 179 g/mol. The number of nitrogens with one attached hydrogen (secondary N) is 1. The summed E-state index contributed by atoms with van der Waals surface area (Å²) in [5.74, 6) is 0. The van der Waals surface area contributed by atoms with Crippen LogP contribution in [0.3, 0.4) is 0 Å².